The number of hydrogen-bond acceptors (Lipinski definition) is 1. The maximum atomic E-state index is 15.3. The van der Waals surface area contributed by atoms with Crippen molar-refractivity contribution >= 4 is 0 Å². The average molecular weight is 525 g/mol. The minimum Gasteiger partial charge on any atom is -0.454 e. The van der Waals surface area contributed by atoms with Crippen molar-refractivity contribution in [1.29, 1.82) is 0 Å². The van der Waals surface area contributed by atoms with E-state index < -0.39 is 35.0 Å². The molecule has 3 aromatic carbocycles. The highest BCUT2D eigenvalue weighted by Crippen LogP contribution is 2.40. The second-order valence-corrected chi connectivity index (χ2v) is 9.58. The fourth-order valence-electron chi connectivity index (χ4n) is 5.07. The van der Waals surface area contributed by atoms with Crippen LogP contribution in [0.2, 0.25) is 0 Å². The predicted octanol–water partition coefficient (Wildman–Crippen LogP) is 9.87. The van der Waals surface area contributed by atoms with Crippen LogP contribution in [0, 0.1) is 35.1 Å². The zero-order chi connectivity index (χ0) is 26.7. The molecule has 1 aliphatic rings. The number of benzene rings is 3. The molecular formula is C29H27F7O. The lowest BCUT2D eigenvalue weighted by molar-refractivity contribution is -0.142. The highest BCUT2D eigenvalue weighted by molar-refractivity contribution is 5.71. The number of para-hydroxylation sites is 1. The summed E-state index contributed by atoms with van der Waals surface area (Å²) >= 11 is 0. The molecule has 0 aliphatic heterocycles. The molecule has 0 radical (unpaired) electrons. The standard InChI is InChI=1S/C29H27F7O/c1-2-17-7-9-18(10-8-17)11-12-21-22(30)13-14-26(28(21)33)37-25-6-4-3-5-20(25)19-15-23(31)27(24(32)16-19)29(34,35)36/h3-6,13-18H,2,7-12H2,1H3. The van der Waals surface area contributed by atoms with Gasteiger partial charge in [0.1, 0.15) is 28.8 Å². The minimum atomic E-state index is -5.20. The summed E-state index contributed by atoms with van der Waals surface area (Å²) < 4.78 is 103. The maximum absolute atomic E-state index is 15.3. The summed E-state index contributed by atoms with van der Waals surface area (Å²) in [5.74, 6) is -4.33. The fourth-order valence-corrected chi connectivity index (χ4v) is 5.07. The van der Waals surface area contributed by atoms with Gasteiger partial charge in [-0.1, -0.05) is 57.2 Å². The van der Waals surface area contributed by atoms with E-state index in [1.54, 1.807) is 0 Å². The average Bonchev–Trinajstić information content (AvgIpc) is 2.85. The quantitative estimate of drug-likeness (QED) is 0.280. The van der Waals surface area contributed by atoms with E-state index in [2.05, 4.69) is 6.92 Å². The topological polar surface area (TPSA) is 9.23 Å². The molecule has 37 heavy (non-hydrogen) atoms. The molecule has 0 amide bonds. The molecular weight excluding hydrogens is 497 g/mol. The van der Waals surface area contributed by atoms with E-state index in [4.69, 9.17) is 4.74 Å². The Morgan fingerprint density at radius 1 is 0.784 bits per heavy atom. The number of rotatable bonds is 7. The number of ether oxygens (including phenoxy) is 1. The van der Waals surface area contributed by atoms with Crippen molar-refractivity contribution in [2.24, 2.45) is 11.8 Å². The minimum absolute atomic E-state index is 0.0459. The summed E-state index contributed by atoms with van der Waals surface area (Å²) in [7, 11) is 0. The van der Waals surface area contributed by atoms with Crippen LogP contribution in [-0.2, 0) is 12.6 Å². The number of halogens is 7. The van der Waals surface area contributed by atoms with Crippen molar-refractivity contribution < 1.29 is 35.5 Å². The van der Waals surface area contributed by atoms with E-state index in [1.165, 1.54) is 24.3 Å². The molecule has 1 aliphatic carbocycles. The molecule has 0 N–H and O–H groups in total. The van der Waals surface area contributed by atoms with Crippen LogP contribution >= 0.6 is 0 Å². The van der Waals surface area contributed by atoms with Gasteiger partial charge in [0, 0.05) is 11.1 Å². The molecule has 0 atom stereocenters. The van der Waals surface area contributed by atoms with Gasteiger partial charge in [0.05, 0.1) is 0 Å². The van der Waals surface area contributed by atoms with Crippen LogP contribution in [0.1, 0.15) is 56.6 Å². The van der Waals surface area contributed by atoms with E-state index in [-0.39, 0.29) is 34.6 Å². The molecule has 4 rings (SSSR count). The first-order valence-corrected chi connectivity index (χ1v) is 12.4. The van der Waals surface area contributed by atoms with Gasteiger partial charge in [-0.25, -0.2) is 17.6 Å². The van der Waals surface area contributed by atoms with E-state index in [9.17, 15) is 26.3 Å². The molecule has 0 aromatic heterocycles. The second kappa shape index (κ2) is 11.2. The van der Waals surface area contributed by atoms with E-state index in [0.29, 0.717) is 30.4 Å². The molecule has 1 nitrogen and oxygen atoms in total. The summed E-state index contributed by atoms with van der Waals surface area (Å²) in [5, 5.41) is 0. The molecule has 8 heteroatoms. The summed E-state index contributed by atoms with van der Waals surface area (Å²) in [6.45, 7) is 2.17. The normalized spacial score (nSPS) is 18.2. The van der Waals surface area contributed by atoms with Crippen molar-refractivity contribution in [2.75, 3.05) is 0 Å². The Bertz CT molecular complexity index is 1220. The van der Waals surface area contributed by atoms with Crippen LogP contribution in [0.5, 0.6) is 11.5 Å². The fraction of sp³-hybridized carbons (Fsp3) is 0.379. The summed E-state index contributed by atoms with van der Waals surface area (Å²) in [5.41, 5.74) is -2.26. The smallest absolute Gasteiger partial charge is 0.422 e. The molecule has 0 unspecified atom stereocenters. The molecule has 1 fully saturated rings. The molecule has 198 valence electrons. The van der Waals surface area contributed by atoms with Crippen molar-refractivity contribution in [3.63, 3.8) is 0 Å². The summed E-state index contributed by atoms with van der Waals surface area (Å²) in [6.07, 6.45) is 1.10. The van der Waals surface area contributed by atoms with Gasteiger partial charge in [0.2, 0.25) is 0 Å². The van der Waals surface area contributed by atoms with Gasteiger partial charge in [-0.15, -0.1) is 0 Å². The first-order chi connectivity index (χ1) is 17.6. The molecule has 0 spiro atoms. The third-order valence-electron chi connectivity index (χ3n) is 7.24. The highest BCUT2D eigenvalue weighted by atomic mass is 19.4. The Morgan fingerprint density at radius 3 is 2.03 bits per heavy atom. The monoisotopic (exact) mass is 524 g/mol. The lowest BCUT2D eigenvalue weighted by atomic mass is 9.78. The molecule has 0 saturated heterocycles. The second-order valence-electron chi connectivity index (χ2n) is 9.58. The summed E-state index contributed by atoms with van der Waals surface area (Å²) in [6, 6.07) is 9.10. The van der Waals surface area contributed by atoms with Gasteiger partial charge in [-0.3, -0.25) is 0 Å². The van der Waals surface area contributed by atoms with Crippen molar-refractivity contribution in [1.82, 2.24) is 0 Å². The third kappa shape index (κ3) is 6.11. The van der Waals surface area contributed by atoms with Crippen LogP contribution in [-0.4, -0.2) is 0 Å². The maximum Gasteiger partial charge on any atom is 0.422 e. The van der Waals surface area contributed by atoms with Gasteiger partial charge in [-0.2, -0.15) is 13.2 Å². The molecule has 1 saturated carbocycles. The van der Waals surface area contributed by atoms with E-state index in [1.807, 2.05) is 0 Å². The number of hydrogen-bond donors (Lipinski definition) is 0. The Morgan fingerprint density at radius 2 is 1.41 bits per heavy atom. The van der Waals surface area contributed by atoms with Crippen molar-refractivity contribution in [3.8, 4) is 22.6 Å². The summed E-state index contributed by atoms with van der Waals surface area (Å²) in [4.78, 5) is 0. The predicted molar refractivity (Wildman–Crippen MR) is 127 cm³/mol. The Labute approximate surface area is 211 Å². The molecule has 0 bridgehead atoms. The largest absolute Gasteiger partial charge is 0.454 e. The van der Waals surface area contributed by atoms with Crippen LogP contribution in [0.25, 0.3) is 11.1 Å². The van der Waals surface area contributed by atoms with Gasteiger partial charge >= 0.3 is 6.18 Å². The van der Waals surface area contributed by atoms with Crippen LogP contribution in [0.15, 0.2) is 48.5 Å². The lowest BCUT2D eigenvalue weighted by Gasteiger charge is -2.27. The van der Waals surface area contributed by atoms with Gasteiger partial charge in [-0.05, 0) is 60.6 Å². The first-order valence-electron chi connectivity index (χ1n) is 12.4. The third-order valence-corrected chi connectivity index (χ3v) is 7.24. The first kappa shape index (κ1) is 27.0. The Hall–Kier alpha value is -3.03. The van der Waals surface area contributed by atoms with Crippen LogP contribution < -0.4 is 4.74 Å². The zero-order valence-corrected chi connectivity index (χ0v) is 20.3. The van der Waals surface area contributed by atoms with Gasteiger partial charge in [0.25, 0.3) is 0 Å². The van der Waals surface area contributed by atoms with Crippen molar-refractivity contribution in [2.45, 2.75) is 58.0 Å². The molecule has 3 aromatic rings. The van der Waals surface area contributed by atoms with E-state index in [0.717, 1.165) is 44.2 Å². The zero-order valence-electron chi connectivity index (χ0n) is 20.3. The Balaban J connectivity index is 1.58. The lowest BCUT2D eigenvalue weighted by Crippen LogP contribution is -2.15. The Kier molecular flexibility index (Phi) is 8.14. The van der Waals surface area contributed by atoms with Crippen molar-refractivity contribution in [3.05, 3.63) is 82.9 Å². The highest BCUT2D eigenvalue weighted by Gasteiger charge is 2.38. The molecule has 0 heterocycles. The van der Waals surface area contributed by atoms with Gasteiger partial charge in [0.15, 0.2) is 11.6 Å². The number of alkyl halides is 3. The van der Waals surface area contributed by atoms with E-state index >= 15 is 4.39 Å². The van der Waals surface area contributed by atoms with Crippen LogP contribution in [0.3, 0.4) is 0 Å². The van der Waals surface area contributed by atoms with Crippen LogP contribution in [0.4, 0.5) is 30.7 Å². The van der Waals surface area contributed by atoms with Gasteiger partial charge < -0.3 is 4.74 Å². The SMILES string of the molecule is CCC1CCC(CCc2c(F)ccc(Oc3ccccc3-c3cc(F)c(C(F)(F)F)c(F)c3)c2F)CC1.